The quantitative estimate of drug-likeness (QED) is 0.914. The van der Waals surface area contributed by atoms with Gasteiger partial charge in [0.25, 0.3) is 0 Å². The van der Waals surface area contributed by atoms with E-state index in [0.29, 0.717) is 6.54 Å². The first kappa shape index (κ1) is 12.9. The predicted molar refractivity (Wildman–Crippen MR) is 79.5 cm³/mol. The summed E-state index contributed by atoms with van der Waals surface area (Å²) in [6, 6.07) is 5.90. The summed E-state index contributed by atoms with van der Waals surface area (Å²) in [4.78, 5) is 4.84. The second kappa shape index (κ2) is 4.80. The Balaban J connectivity index is 2.19. The largest absolute Gasteiger partial charge is 0.329 e. The van der Waals surface area contributed by atoms with E-state index in [1.165, 1.54) is 19.3 Å². The smallest absolute Gasteiger partial charge is 0.117 e. The SMILES string of the molecule is Cn1c(C2(CN)CCCCC2)nc2cccc(Cl)c21. The van der Waals surface area contributed by atoms with Crippen LogP contribution in [0.1, 0.15) is 37.9 Å². The van der Waals surface area contributed by atoms with E-state index in [1.54, 1.807) is 0 Å². The third-order valence-corrected chi connectivity index (χ3v) is 4.83. The van der Waals surface area contributed by atoms with Crippen molar-refractivity contribution in [3.8, 4) is 0 Å². The van der Waals surface area contributed by atoms with E-state index in [-0.39, 0.29) is 5.41 Å². The number of hydrogen-bond acceptors (Lipinski definition) is 2. The summed E-state index contributed by atoms with van der Waals surface area (Å²) in [5.41, 5.74) is 8.15. The van der Waals surface area contributed by atoms with E-state index >= 15 is 0 Å². The van der Waals surface area contributed by atoms with Gasteiger partial charge in [0.15, 0.2) is 0 Å². The van der Waals surface area contributed by atoms with Crippen molar-refractivity contribution in [1.29, 1.82) is 0 Å². The lowest BCUT2D eigenvalue weighted by atomic mass is 9.73. The van der Waals surface area contributed by atoms with Crippen LogP contribution in [0, 0.1) is 0 Å². The number of imidazole rings is 1. The van der Waals surface area contributed by atoms with Crippen LogP contribution in [0.5, 0.6) is 0 Å². The van der Waals surface area contributed by atoms with Gasteiger partial charge < -0.3 is 10.3 Å². The molecule has 0 spiro atoms. The number of halogens is 1. The fraction of sp³-hybridized carbons (Fsp3) is 0.533. The molecule has 3 rings (SSSR count). The highest BCUT2D eigenvalue weighted by molar-refractivity contribution is 6.35. The summed E-state index contributed by atoms with van der Waals surface area (Å²) in [5, 5.41) is 0.765. The molecular weight excluding hydrogens is 258 g/mol. The summed E-state index contributed by atoms with van der Waals surface area (Å²) < 4.78 is 2.15. The molecule has 1 aromatic heterocycles. The highest BCUT2D eigenvalue weighted by Gasteiger charge is 2.36. The third kappa shape index (κ3) is 1.96. The average molecular weight is 278 g/mol. The molecule has 1 aliphatic carbocycles. The molecular formula is C15H20ClN3. The molecule has 0 atom stereocenters. The summed E-state index contributed by atoms with van der Waals surface area (Å²) >= 11 is 6.31. The van der Waals surface area contributed by atoms with Crippen LogP contribution >= 0.6 is 11.6 Å². The van der Waals surface area contributed by atoms with Gasteiger partial charge in [-0.2, -0.15) is 0 Å². The van der Waals surface area contributed by atoms with Crippen LogP contribution in [0.4, 0.5) is 0 Å². The highest BCUT2D eigenvalue weighted by Crippen LogP contribution is 2.39. The van der Waals surface area contributed by atoms with Crippen molar-refractivity contribution in [3.63, 3.8) is 0 Å². The van der Waals surface area contributed by atoms with E-state index in [9.17, 15) is 0 Å². The minimum Gasteiger partial charge on any atom is -0.329 e. The number of para-hydroxylation sites is 1. The highest BCUT2D eigenvalue weighted by atomic mass is 35.5. The molecule has 0 aliphatic heterocycles. The lowest BCUT2D eigenvalue weighted by molar-refractivity contribution is 0.281. The van der Waals surface area contributed by atoms with E-state index in [1.807, 2.05) is 18.2 Å². The monoisotopic (exact) mass is 277 g/mol. The molecule has 19 heavy (non-hydrogen) atoms. The first-order valence-corrected chi connectivity index (χ1v) is 7.37. The zero-order valence-corrected chi connectivity index (χ0v) is 12.1. The van der Waals surface area contributed by atoms with Crippen LogP contribution in [-0.4, -0.2) is 16.1 Å². The van der Waals surface area contributed by atoms with Gasteiger partial charge in [0.05, 0.1) is 16.1 Å². The van der Waals surface area contributed by atoms with Gasteiger partial charge >= 0.3 is 0 Å². The fourth-order valence-corrected chi connectivity index (χ4v) is 3.74. The van der Waals surface area contributed by atoms with Crippen LogP contribution in [0.25, 0.3) is 11.0 Å². The molecule has 0 unspecified atom stereocenters. The molecule has 0 saturated heterocycles. The molecule has 1 aliphatic rings. The van der Waals surface area contributed by atoms with Crippen LogP contribution in [0.15, 0.2) is 18.2 Å². The molecule has 102 valence electrons. The minimum atomic E-state index is 0.0371. The predicted octanol–water partition coefficient (Wildman–Crippen LogP) is 3.39. The Morgan fingerprint density at radius 2 is 2.05 bits per heavy atom. The zero-order chi connectivity index (χ0) is 13.5. The molecule has 1 aromatic carbocycles. The molecule has 0 amide bonds. The lowest BCUT2D eigenvalue weighted by Gasteiger charge is -2.35. The van der Waals surface area contributed by atoms with Crippen molar-refractivity contribution in [3.05, 3.63) is 29.0 Å². The van der Waals surface area contributed by atoms with Gasteiger partial charge in [0, 0.05) is 19.0 Å². The third-order valence-electron chi connectivity index (χ3n) is 4.52. The number of fused-ring (bicyclic) bond motifs is 1. The second-order valence-corrected chi connectivity index (χ2v) is 6.05. The first-order chi connectivity index (χ1) is 9.18. The molecule has 1 fully saturated rings. The van der Waals surface area contributed by atoms with E-state index in [4.69, 9.17) is 22.3 Å². The first-order valence-electron chi connectivity index (χ1n) is 6.99. The number of aryl methyl sites for hydroxylation is 1. The molecule has 3 nitrogen and oxygen atoms in total. The Bertz CT molecular complexity index is 597. The molecule has 1 heterocycles. The van der Waals surface area contributed by atoms with Crippen molar-refractivity contribution >= 4 is 22.6 Å². The maximum absolute atomic E-state index is 6.31. The molecule has 1 saturated carbocycles. The van der Waals surface area contributed by atoms with Crippen LogP contribution in [0.2, 0.25) is 5.02 Å². The van der Waals surface area contributed by atoms with Gasteiger partial charge in [0.2, 0.25) is 0 Å². The Kier molecular flexibility index (Phi) is 3.27. The van der Waals surface area contributed by atoms with Crippen molar-refractivity contribution in [2.75, 3.05) is 6.54 Å². The standard InChI is InChI=1S/C15H20ClN3/c1-19-13-11(16)6-5-7-12(13)18-14(19)15(10-17)8-3-2-4-9-15/h5-7H,2-4,8-10,17H2,1H3. The van der Waals surface area contributed by atoms with Crippen molar-refractivity contribution in [1.82, 2.24) is 9.55 Å². The maximum Gasteiger partial charge on any atom is 0.117 e. The van der Waals surface area contributed by atoms with Gasteiger partial charge in [-0.05, 0) is 25.0 Å². The number of hydrogen-bond donors (Lipinski definition) is 1. The number of rotatable bonds is 2. The Hall–Kier alpha value is -1.06. The Morgan fingerprint density at radius 3 is 2.68 bits per heavy atom. The van der Waals surface area contributed by atoms with Gasteiger partial charge in [-0.15, -0.1) is 0 Å². The van der Waals surface area contributed by atoms with Gasteiger partial charge in [-0.1, -0.05) is 36.9 Å². The minimum absolute atomic E-state index is 0.0371. The van der Waals surface area contributed by atoms with Gasteiger partial charge in [-0.3, -0.25) is 0 Å². The number of nitrogens with two attached hydrogens (primary N) is 1. The van der Waals surface area contributed by atoms with E-state index in [2.05, 4.69) is 11.6 Å². The van der Waals surface area contributed by atoms with Gasteiger partial charge in [0.1, 0.15) is 5.82 Å². The van der Waals surface area contributed by atoms with Crippen LogP contribution in [-0.2, 0) is 12.5 Å². The van der Waals surface area contributed by atoms with Crippen molar-refractivity contribution in [2.45, 2.75) is 37.5 Å². The molecule has 4 heteroatoms. The molecule has 2 N–H and O–H groups in total. The average Bonchev–Trinajstić information content (AvgIpc) is 2.79. The van der Waals surface area contributed by atoms with E-state index in [0.717, 1.165) is 34.7 Å². The molecule has 0 radical (unpaired) electrons. The fourth-order valence-electron chi connectivity index (χ4n) is 3.44. The molecule has 2 aromatic rings. The van der Waals surface area contributed by atoms with Gasteiger partial charge in [-0.25, -0.2) is 4.98 Å². The Labute approximate surface area is 118 Å². The summed E-state index contributed by atoms with van der Waals surface area (Å²) in [7, 11) is 2.06. The van der Waals surface area contributed by atoms with E-state index < -0.39 is 0 Å². The normalized spacial score (nSPS) is 18.9. The van der Waals surface area contributed by atoms with Crippen LogP contribution < -0.4 is 5.73 Å². The molecule has 0 bridgehead atoms. The zero-order valence-electron chi connectivity index (χ0n) is 11.3. The summed E-state index contributed by atoms with van der Waals surface area (Å²) in [5.74, 6) is 1.11. The number of benzene rings is 1. The second-order valence-electron chi connectivity index (χ2n) is 5.65. The van der Waals surface area contributed by atoms with Crippen LogP contribution in [0.3, 0.4) is 0 Å². The maximum atomic E-state index is 6.31. The number of nitrogens with zero attached hydrogens (tertiary/aromatic N) is 2. The lowest BCUT2D eigenvalue weighted by Crippen LogP contribution is -2.39. The topological polar surface area (TPSA) is 43.8 Å². The summed E-state index contributed by atoms with van der Waals surface area (Å²) in [6.45, 7) is 0.668. The van der Waals surface area contributed by atoms with Crippen molar-refractivity contribution < 1.29 is 0 Å². The number of aromatic nitrogens is 2. The summed E-state index contributed by atoms with van der Waals surface area (Å²) in [6.07, 6.45) is 6.07. The Morgan fingerprint density at radius 1 is 1.32 bits per heavy atom. The van der Waals surface area contributed by atoms with Crippen molar-refractivity contribution in [2.24, 2.45) is 12.8 Å².